The second-order valence-corrected chi connectivity index (χ2v) is 4.95. The minimum Gasteiger partial charge on any atom is -0.325 e. The quantitative estimate of drug-likeness (QED) is 0.851. The summed E-state index contributed by atoms with van der Waals surface area (Å²) in [7, 11) is 0. The van der Waals surface area contributed by atoms with Crippen LogP contribution in [0.15, 0.2) is 53.3 Å². The van der Waals surface area contributed by atoms with Crippen molar-refractivity contribution in [1.29, 1.82) is 0 Å². The number of carbonyl (C=O) groups is 1. The molecule has 2 aromatic rings. The van der Waals surface area contributed by atoms with E-state index >= 15 is 0 Å². The van der Waals surface area contributed by atoms with E-state index in [9.17, 15) is 4.79 Å². The summed E-state index contributed by atoms with van der Waals surface area (Å²) in [5.74, 6) is -0.125. The van der Waals surface area contributed by atoms with Gasteiger partial charge in [-0.25, -0.2) is 4.98 Å². The Labute approximate surface area is 120 Å². The van der Waals surface area contributed by atoms with Crippen LogP contribution in [0.4, 0.5) is 5.69 Å². The number of nitrogens with zero attached hydrogens (tertiary/aromatic N) is 1. The molecular weight excluding hydrogens is 306 g/mol. The summed E-state index contributed by atoms with van der Waals surface area (Å²) >= 11 is 3.24. The van der Waals surface area contributed by atoms with Crippen LogP contribution >= 0.6 is 15.9 Å². The first-order chi connectivity index (χ1) is 9.15. The van der Waals surface area contributed by atoms with Crippen LogP contribution in [0.3, 0.4) is 0 Å². The van der Waals surface area contributed by atoms with E-state index in [1.54, 1.807) is 18.3 Å². The average Bonchev–Trinajstić information content (AvgIpc) is 2.42. The van der Waals surface area contributed by atoms with Crippen LogP contribution in [0.1, 0.15) is 18.0 Å². The average molecular weight is 320 g/mol. The Morgan fingerprint density at radius 3 is 2.63 bits per heavy atom. The van der Waals surface area contributed by atoms with Crippen molar-refractivity contribution in [2.75, 3.05) is 5.32 Å². The zero-order valence-corrected chi connectivity index (χ0v) is 11.8. The van der Waals surface area contributed by atoms with Crippen molar-refractivity contribution in [3.05, 3.63) is 58.8 Å². The SMILES string of the molecule is NC(CC(=O)Nc1ccc(Br)nc1)c1ccccc1. The monoisotopic (exact) mass is 319 g/mol. The Morgan fingerprint density at radius 2 is 2.00 bits per heavy atom. The van der Waals surface area contributed by atoms with E-state index in [0.717, 1.165) is 10.2 Å². The van der Waals surface area contributed by atoms with Gasteiger partial charge in [0.05, 0.1) is 11.9 Å². The van der Waals surface area contributed by atoms with Gasteiger partial charge in [-0.2, -0.15) is 0 Å². The van der Waals surface area contributed by atoms with Gasteiger partial charge in [0.25, 0.3) is 0 Å². The molecule has 0 spiro atoms. The van der Waals surface area contributed by atoms with Gasteiger partial charge in [0.1, 0.15) is 4.60 Å². The molecule has 3 N–H and O–H groups in total. The lowest BCUT2D eigenvalue weighted by molar-refractivity contribution is -0.116. The van der Waals surface area contributed by atoms with E-state index in [0.29, 0.717) is 5.69 Å². The first-order valence-electron chi connectivity index (χ1n) is 5.87. The molecule has 0 aliphatic heterocycles. The zero-order chi connectivity index (χ0) is 13.7. The minimum atomic E-state index is -0.301. The summed E-state index contributed by atoms with van der Waals surface area (Å²) in [4.78, 5) is 15.9. The van der Waals surface area contributed by atoms with Gasteiger partial charge in [-0.1, -0.05) is 30.3 Å². The lowest BCUT2D eigenvalue weighted by Crippen LogP contribution is -2.20. The molecule has 4 nitrogen and oxygen atoms in total. The number of amides is 1. The molecule has 0 saturated heterocycles. The van der Waals surface area contributed by atoms with Gasteiger partial charge in [-0.15, -0.1) is 0 Å². The molecule has 0 radical (unpaired) electrons. The number of pyridine rings is 1. The fourth-order valence-electron chi connectivity index (χ4n) is 1.68. The molecule has 19 heavy (non-hydrogen) atoms. The van der Waals surface area contributed by atoms with Crippen molar-refractivity contribution in [3.8, 4) is 0 Å². The fourth-order valence-corrected chi connectivity index (χ4v) is 1.91. The Balaban J connectivity index is 1.93. The topological polar surface area (TPSA) is 68.0 Å². The maximum atomic E-state index is 11.9. The predicted octanol–water partition coefficient (Wildman–Crippen LogP) is 2.87. The third kappa shape index (κ3) is 4.15. The van der Waals surface area contributed by atoms with Crippen LogP contribution < -0.4 is 11.1 Å². The van der Waals surface area contributed by atoms with Crippen molar-refractivity contribution in [2.24, 2.45) is 5.73 Å². The maximum Gasteiger partial charge on any atom is 0.226 e. The Hall–Kier alpha value is -1.72. The van der Waals surface area contributed by atoms with Gasteiger partial charge in [0.2, 0.25) is 5.91 Å². The molecule has 1 amide bonds. The van der Waals surface area contributed by atoms with E-state index in [1.807, 2.05) is 30.3 Å². The van der Waals surface area contributed by atoms with Crippen LogP contribution in [0.5, 0.6) is 0 Å². The lowest BCUT2D eigenvalue weighted by atomic mass is 10.0. The number of benzene rings is 1. The Kier molecular flexibility index (Phi) is 4.65. The molecule has 0 bridgehead atoms. The van der Waals surface area contributed by atoms with Crippen LogP contribution in [0.25, 0.3) is 0 Å². The number of nitrogens with two attached hydrogens (primary N) is 1. The maximum absolute atomic E-state index is 11.9. The smallest absolute Gasteiger partial charge is 0.226 e. The fraction of sp³-hybridized carbons (Fsp3) is 0.143. The molecule has 0 aliphatic carbocycles. The van der Waals surface area contributed by atoms with E-state index in [2.05, 4.69) is 26.2 Å². The van der Waals surface area contributed by atoms with Gasteiger partial charge in [-0.05, 0) is 33.6 Å². The van der Waals surface area contributed by atoms with Gasteiger partial charge in [-0.3, -0.25) is 4.79 Å². The summed E-state index contributed by atoms with van der Waals surface area (Å²) in [6.07, 6.45) is 1.83. The van der Waals surface area contributed by atoms with Crippen molar-refractivity contribution < 1.29 is 4.79 Å². The predicted molar refractivity (Wildman–Crippen MR) is 78.6 cm³/mol. The highest BCUT2D eigenvalue weighted by atomic mass is 79.9. The first-order valence-corrected chi connectivity index (χ1v) is 6.66. The van der Waals surface area contributed by atoms with E-state index in [-0.39, 0.29) is 18.4 Å². The molecule has 5 heteroatoms. The number of aromatic nitrogens is 1. The van der Waals surface area contributed by atoms with E-state index in [4.69, 9.17) is 5.73 Å². The molecule has 1 aromatic carbocycles. The van der Waals surface area contributed by atoms with Gasteiger partial charge in [0, 0.05) is 12.5 Å². The summed E-state index contributed by atoms with van der Waals surface area (Å²) in [6.45, 7) is 0. The highest BCUT2D eigenvalue weighted by Crippen LogP contribution is 2.15. The summed E-state index contributed by atoms with van der Waals surface area (Å²) in [6, 6.07) is 12.8. The Morgan fingerprint density at radius 1 is 1.26 bits per heavy atom. The van der Waals surface area contributed by atoms with Crippen LogP contribution in [0, 0.1) is 0 Å². The molecule has 1 unspecified atom stereocenters. The largest absolute Gasteiger partial charge is 0.325 e. The number of nitrogens with one attached hydrogen (secondary N) is 1. The van der Waals surface area contributed by atoms with E-state index < -0.39 is 0 Å². The lowest BCUT2D eigenvalue weighted by Gasteiger charge is -2.12. The molecule has 2 rings (SSSR count). The number of hydrogen-bond donors (Lipinski definition) is 2. The number of hydrogen-bond acceptors (Lipinski definition) is 3. The molecule has 0 saturated carbocycles. The van der Waals surface area contributed by atoms with Crippen molar-refractivity contribution in [1.82, 2.24) is 4.98 Å². The normalized spacial score (nSPS) is 11.9. The Bertz CT molecular complexity index is 542. The zero-order valence-electron chi connectivity index (χ0n) is 10.2. The van der Waals surface area contributed by atoms with Gasteiger partial charge in [0.15, 0.2) is 0 Å². The second kappa shape index (κ2) is 6.45. The molecular formula is C14H14BrN3O. The first kappa shape index (κ1) is 13.7. The molecule has 1 atom stereocenters. The molecule has 0 aliphatic rings. The molecule has 1 aromatic heterocycles. The third-order valence-electron chi connectivity index (χ3n) is 2.64. The molecule has 1 heterocycles. The molecule has 0 fully saturated rings. The number of anilines is 1. The number of halogens is 1. The number of carbonyl (C=O) groups excluding carboxylic acids is 1. The highest BCUT2D eigenvalue weighted by Gasteiger charge is 2.11. The number of rotatable bonds is 4. The van der Waals surface area contributed by atoms with Crippen molar-refractivity contribution >= 4 is 27.5 Å². The summed E-state index contributed by atoms with van der Waals surface area (Å²) < 4.78 is 0.728. The molecule has 98 valence electrons. The third-order valence-corrected chi connectivity index (χ3v) is 3.11. The summed E-state index contributed by atoms with van der Waals surface area (Å²) in [5, 5.41) is 2.77. The van der Waals surface area contributed by atoms with Crippen molar-refractivity contribution in [2.45, 2.75) is 12.5 Å². The van der Waals surface area contributed by atoms with Gasteiger partial charge < -0.3 is 11.1 Å². The highest BCUT2D eigenvalue weighted by molar-refractivity contribution is 9.10. The minimum absolute atomic E-state index is 0.125. The van der Waals surface area contributed by atoms with Crippen molar-refractivity contribution in [3.63, 3.8) is 0 Å². The standard InChI is InChI=1S/C14H14BrN3O/c15-13-7-6-11(9-17-13)18-14(19)8-12(16)10-4-2-1-3-5-10/h1-7,9,12H,8,16H2,(H,18,19). The van der Waals surface area contributed by atoms with Crippen LogP contribution in [-0.4, -0.2) is 10.9 Å². The van der Waals surface area contributed by atoms with Gasteiger partial charge >= 0.3 is 0 Å². The summed E-state index contributed by atoms with van der Waals surface area (Å²) in [5.41, 5.74) is 7.60. The van der Waals surface area contributed by atoms with Crippen LogP contribution in [0.2, 0.25) is 0 Å². The van der Waals surface area contributed by atoms with Crippen LogP contribution in [-0.2, 0) is 4.79 Å². The second-order valence-electron chi connectivity index (χ2n) is 4.14. The van der Waals surface area contributed by atoms with E-state index in [1.165, 1.54) is 0 Å².